The zero-order valence-electron chi connectivity index (χ0n) is 6.85. The van der Waals surface area contributed by atoms with E-state index in [4.69, 9.17) is 10.2 Å². The molecule has 1 aromatic rings. The standard InChI is InChI=1S/C8H8O5/c1-5(9)12-13-7-4-2-3-6(10)8(7)11/h2-4,10-11H,1H3. The van der Waals surface area contributed by atoms with Gasteiger partial charge in [-0.2, -0.15) is 0 Å². The number of para-hydroxylation sites is 1. The smallest absolute Gasteiger partial charge is 0.352 e. The topological polar surface area (TPSA) is 76.0 Å². The van der Waals surface area contributed by atoms with E-state index in [1.165, 1.54) is 18.2 Å². The van der Waals surface area contributed by atoms with E-state index in [9.17, 15) is 4.79 Å². The molecule has 0 bridgehead atoms. The number of benzene rings is 1. The summed E-state index contributed by atoms with van der Waals surface area (Å²) in [5, 5.41) is 18.1. The maximum absolute atomic E-state index is 10.3. The first kappa shape index (κ1) is 9.18. The molecule has 0 radical (unpaired) electrons. The summed E-state index contributed by atoms with van der Waals surface area (Å²) in [7, 11) is 0. The lowest BCUT2D eigenvalue weighted by atomic mass is 10.3. The fourth-order valence-electron chi connectivity index (χ4n) is 0.682. The van der Waals surface area contributed by atoms with Crippen molar-refractivity contribution >= 4 is 5.97 Å². The van der Waals surface area contributed by atoms with Crippen LogP contribution in [0.1, 0.15) is 6.92 Å². The van der Waals surface area contributed by atoms with Crippen molar-refractivity contribution in [2.24, 2.45) is 0 Å². The molecule has 0 spiro atoms. The molecule has 13 heavy (non-hydrogen) atoms. The monoisotopic (exact) mass is 184 g/mol. The molecular weight excluding hydrogens is 176 g/mol. The second kappa shape index (κ2) is 3.66. The Balaban J connectivity index is 2.77. The van der Waals surface area contributed by atoms with Crippen LogP contribution in [0.15, 0.2) is 18.2 Å². The Labute approximate surface area is 74.1 Å². The Hall–Kier alpha value is -1.91. The molecule has 2 N–H and O–H groups in total. The maximum atomic E-state index is 10.3. The second-order valence-electron chi connectivity index (χ2n) is 2.28. The SMILES string of the molecule is CC(=O)OOc1cccc(O)c1O. The third-order valence-corrected chi connectivity index (χ3v) is 1.23. The van der Waals surface area contributed by atoms with Crippen molar-refractivity contribution < 1.29 is 24.8 Å². The molecule has 0 fully saturated rings. The van der Waals surface area contributed by atoms with E-state index in [-0.39, 0.29) is 11.5 Å². The first-order valence-corrected chi connectivity index (χ1v) is 3.47. The molecule has 0 unspecified atom stereocenters. The van der Waals surface area contributed by atoms with Crippen molar-refractivity contribution in [2.45, 2.75) is 6.92 Å². The van der Waals surface area contributed by atoms with Gasteiger partial charge in [0.2, 0.25) is 11.5 Å². The highest BCUT2D eigenvalue weighted by Crippen LogP contribution is 2.34. The highest BCUT2D eigenvalue weighted by molar-refractivity contribution is 5.65. The van der Waals surface area contributed by atoms with Crippen molar-refractivity contribution in [1.29, 1.82) is 0 Å². The minimum Gasteiger partial charge on any atom is -0.504 e. The summed E-state index contributed by atoms with van der Waals surface area (Å²) in [6, 6.07) is 4.06. The van der Waals surface area contributed by atoms with Gasteiger partial charge >= 0.3 is 5.97 Å². The molecule has 0 aliphatic carbocycles. The Kier molecular flexibility index (Phi) is 2.59. The van der Waals surface area contributed by atoms with Crippen molar-refractivity contribution in [3.8, 4) is 17.2 Å². The molecule has 0 aliphatic rings. The molecule has 0 saturated heterocycles. The van der Waals surface area contributed by atoms with Crippen LogP contribution in [0.5, 0.6) is 17.2 Å². The van der Waals surface area contributed by atoms with Gasteiger partial charge in [-0.05, 0) is 12.1 Å². The molecular formula is C8H8O5. The van der Waals surface area contributed by atoms with E-state index in [1.54, 1.807) is 0 Å². The van der Waals surface area contributed by atoms with Crippen LogP contribution in [0.25, 0.3) is 0 Å². The largest absolute Gasteiger partial charge is 0.504 e. The minimum atomic E-state index is -0.650. The van der Waals surface area contributed by atoms with Gasteiger partial charge in [-0.3, -0.25) is 9.78 Å². The molecule has 1 rings (SSSR count). The van der Waals surface area contributed by atoms with Crippen LogP contribution in [-0.4, -0.2) is 16.2 Å². The van der Waals surface area contributed by atoms with Crippen LogP contribution in [0.2, 0.25) is 0 Å². The number of phenolic OH excluding ortho intramolecular Hbond substituents is 2. The second-order valence-corrected chi connectivity index (χ2v) is 2.28. The summed E-state index contributed by atoms with van der Waals surface area (Å²) in [4.78, 5) is 18.9. The quantitative estimate of drug-likeness (QED) is 0.406. The van der Waals surface area contributed by atoms with Gasteiger partial charge in [0.05, 0.1) is 0 Å². The van der Waals surface area contributed by atoms with Crippen LogP contribution in [0.4, 0.5) is 0 Å². The van der Waals surface area contributed by atoms with E-state index in [0.717, 1.165) is 6.92 Å². The first-order chi connectivity index (χ1) is 6.11. The van der Waals surface area contributed by atoms with E-state index >= 15 is 0 Å². The van der Waals surface area contributed by atoms with Crippen molar-refractivity contribution in [1.82, 2.24) is 0 Å². The van der Waals surface area contributed by atoms with Gasteiger partial charge < -0.3 is 10.2 Å². The fourth-order valence-corrected chi connectivity index (χ4v) is 0.682. The number of rotatable bonds is 2. The van der Waals surface area contributed by atoms with E-state index in [0.29, 0.717) is 0 Å². The number of carbonyl (C=O) groups is 1. The van der Waals surface area contributed by atoms with Crippen LogP contribution >= 0.6 is 0 Å². The molecule has 5 nitrogen and oxygen atoms in total. The summed E-state index contributed by atoms with van der Waals surface area (Å²) in [6.07, 6.45) is 0. The fraction of sp³-hybridized carbons (Fsp3) is 0.125. The number of hydrogen-bond acceptors (Lipinski definition) is 5. The number of hydrogen-bond donors (Lipinski definition) is 2. The normalized spacial score (nSPS) is 9.31. The Morgan fingerprint density at radius 3 is 2.69 bits per heavy atom. The van der Waals surface area contributed by atoms with E-state index in [1.807, 2.05) is 0 Å². The lowest BCUT2D eigenvalue weighted by Gasteiger charge is -2.04. The average Bonchev–Trinajstić information content (AvgIpc) is 2.07. The summed E-state index contributed by atoms with van der Waals surface area (Å²) in [6.45, 7) is 1.15. The molecule has 0 aromatic heterocycles. The van der Waals surface area contributed by atoms with Gasteiger partial charge in [0.25, 0.3) is 0 Å². The van der Waals surface area contributed by atoms with Gasteiger partial charge in [-0.25, -0.2) is 4.79 Å². The Bertz CT molecular complexity index is 320. The molecule has 0 heterocycles. The summed E-state index contributed by atoms with van der Waals surface area (Å²) in [5.41, 5.74) is 0. The zero-order chi connectivity index (χ0) is 9.84. The highest BCUT2D eigenvalue weighted by Gasteiger charge is 2.08. The van der Waals surface area contributed by atoms with Gasteiger partial charge in [0.15, 0.2) is 5.75 Å². The van der Waals surface area contributed by atoms with Crippen LogP contribution < -0.4 is 4.89 Å². The molecule has 0 saturated carbocycles. The highest BCUT2D eigenvalue weighted by atomic mass is 17.2. The summed E-state index contributed by atoms with van der Waals surface area (Å²) in [5.74, 6) is -1.58. The van der Waals surface area contributed by atoms with Crippen LogP contribution in [-0.2, 0) is 9.68 Å². The zero-order valence-corrected chi connectivity index (χ0v) is 6.85. The van der Waals surface area contributed by atoms with Gasteiger partial charge in [0, 0.05) is 6.92 Å². The molecule has 5 heteroatoms. The van der Waals surface area contributed by atoms with Crippen molar-refractivity contribution in [3.05, 3.63) is 18.2 Å². The molecule has 0 aliphatic heterocycles. The van der Waals surface area contributed by atoms with Crippen molar-refractivity contribution in [3.63, 3.8) is 0 Å². The van der Waals surface area contributed by atoms with E-state index in [2.05, 4.69) is 9.78 Å². The third kappa shape index (κ3) is 2.26. The number of aromatic hydroxyl groups is 2. The lowest BCUT2D eigenvalue weighted by Crippen LogP contribution is -2.02. The predicted octanol–water partition coefficient (Wildman–Crippen LogP) is 0.955. The predicted molar refractivity (Wildman–Crippen MR) is 42.2 cm³/mol. The van der Waals surface area contributed by atoms with E-state index < -0.39 is 11.7 Å². The van der Waals surface area contributed by atoms with Crippen molar-refractivity contribution in [2.75, 3.05) is 0 Å². The third-order valence-electron chi connectivity index (χ3n) is 1.23. The Morgan fingerprint density at radius 1 is 1.38 bits per heavy atom. The van der Waals surface area contributed by atoms with Gasteiger partial charge in [0.1, 0.15) is 0 Å². The molecule has 70 valence electrons. The minimum absolute atomic E-state index is 0.116. The summed E-state index contributed by atoms with van der Waals surface area (Å²) < 4.78 is 0. The first-order valence-electron chi connectivity index (χ1n) is 3.47. The molecule has 1 aromatic carbocycles. The Morgan fingerprint density at radius 2 is 2.08 bits per heavy atom. The van der Waals surface area contributed by atoms with Crippen LogP contribution in [0, 0.1) is 0 Å². The molecule has 0 atom stereocenters. The maximum Gasteiger partial charge on any atom is 0.352 e. The number of carbonyl (C=O) groups excluding carboxylic acids is 1. The van der Waals surface area contributed by atoms with Gasteiger partial charge in [-0.1, -0.05) is 6.07 Å². The van der Waals surface area contributed by atoms with Crippen LogP contribution in [0.3, 0.4) is 0 Å². The number of phenols is 2. The average molecular weight is 184 g/mol. The lowest BCUT2D eigenvalue weighted by molar-refractivity contribution is -0.211. The summed E-state index contributed by atoms with van der Waals surface area (Å²) >= 11 is 0. The molecule has 0 amide bonds. The van der Waals surface area contributed by atoms with Gasteiger partial charge in [-0.15, -0.1) is 0 Å².